The van der Waals surface area contributed by atoms with Crippen LogP contribution in [0.1, 0.15) is 26.6 Å². The molecule has 2 aromatic heterocycles. The molecule has 0 atom stereocenters. The van der Waals surface area contributed by atoms with E-state index in [1.807, 2.05) is 23.7 Å². The zero-order valence-electron chi connectivity index (χ0n) is 14.9. The van der Waals surface area contributed by atoms with Gasteiger partial charge in [-0.1, -0.05) is 20.8 Å². The van der Waals surface area contributed by atoms with E-state index in [1.54, 1.807) is 4.90 Å². The molecule has 8 nitrogen and oxygen atoms in total. The van der Waals surface area contributed by atoms with E-state index in [4.69, 9.17) is 4.74 Å². The molecule has 130 valence electrons. The first-order chi connectivity index (χ1) is 11.3. The summed E-state index contributed by atoms with van der Waals surface area (Å²) in [6, 6.07) is 4.06. The Labute approximate surface area is 141 Å². The standard InChI is InChI=1S/C16H24N6O2/c1-16(2,3)15-18-17-12-6-7-13(19-22(12)15)21-8-11(9-21)20(4)14(23)10-24-5/h6-7,11H,8-10H2,1-5H3. The van der Waals surface area contributed by atoms with Crippen LogP contribution in [0.3, 0.4) is 0 Å². The van der Waals surface area contributed by atoms with Crippen LogP contribution in [-0.4, -0.2) is 70.5 Å². The van der Waals surface area contributed by atoms with Gasteiger partial charge in [-0.15, -0.1) is 15.3 Å². The Morgan fingerprint density at radius 1 is 1.33 bits per heavy atom. The fraction of sp³-hybridized carbons (Fsp3) is 0.625. The first-order valence-electron chi connectivity index (χ1n) is 8.03. The number of carbonyl (C=O) groups excluding carboxylic acids is 1. The van der Waals surface area contributed by atoms with Crippen LogP contribution in [-0.2, 0) is 14.9 Å². The zero-order chi connectivity index (χ0) is 17.5. The van der Waals surface area contributed by atoms with Crippen molar-refractivity contribution in [2.75, 3.05) is 38.8 Å². The third kappa shape index (κ3) is 2.93. The number of anilines is 1. The molecular formula is C16H24N6O2. The number of carbonyl (C=O) groups is 1. The Morgan fingerprint density at radius 3 is 2.67 bits per heavy atom. The summed E-state index contributed by atoms with van der Waals surface area (Å²) in [5, 5.41) is 13.1. The predicted molar refractivity (Wildman–Crippen MR) is 90.1 cm³/mol. The second kappa shape index (κ2) is 6.01. The van der Waals surface area contributed by atoms with Crippen molar-refractivity contribution >= 4 is 17.4 Å². The van der Waals surface area contributed by atoms with Gasteiger partial charge in [0.05, 0.1) is 6.04 Å². The van der Waals surface area contributed by atoms with Gasteiger partial charge in [0.25, 0.3) is 0 Å². The van der Waals surface area contributed by atoms with Crippen LogP contribution in [0, 0.1) is 0 Å². The largest absolute Gasteiger partial charge is 0.375 e. The molecule has 2 aromatic rings. The van der Waals surface area contributed by atoms with Gasteiger partial charge in [-0.25, -0.2) is 0 Å². The van der Waals surface area contributed by atoms with Crippen molar-refractivity contribution in [3.05, 3.63) is 18.0 Å². The number of nitrogens with zero attached hydrogens (tertiary/aromatic N) is 6. The van der Waals surface area contributed by atoms with Crippen LogP contribution < -0.4 is 4.90 Å². The summed E-state index contributed by atoms with van der Waals surface area (Å²) < 4.78 is 6.71. The molecule has 0 spiro atoms. The maximum Gasteiger partial charge on any atom is 0.248 e. The fourth-order valence-electron chi connectivity index (χ4n) is 2.73. The summed E-state index contributed by atoms with van der Waals surface area (Å²) in [6.07, 6.45) is 0. The molecule has 0 radical (unpaired) electrons. The van der Waals surface area contributed by atoms with E-state index in [2.05, 4.69) is 41.0 Å². The Morgan fingerprint density at radius 2 is 2.04 bits per heavy atom. The van der Waals surface area contributed by atoms with E-state index in [9.17, 15) is 4.79 Å². The van der Waals surface area contributed by atoms with Crippen molar-refractivity contribution < 1.29 is 9.53 Å². The highest BCUT2D eigenvalue weighted by molar-refractivity contribution is 5.78. The lowest BCUT2D eigenvalue weighted by Crippen LogP contribution is -2.60. The molecular weight excluding hydrogens is 308 g/mol. The molecule has 0 aromatic carbocycles. The van der Waals surface area contributed by atoms with E-state index in [1.165, 1.54) is 7.11 Å². The van der Waals surface area contributed by atoms with Crippen molar-refractivity contribution in [2.45, 2.75) is 32.2 Å². The average Bonchev–Trinajstić information content (AvgIpc) is 2.89. The number of methoxy groups -OCH3 is 1. The summed E-state index contributed by atoms with van der Waals surface area (Å²) in [5.41, 5.74) is 0.614. The van der Waals surface area contributed by atoms with E-state index < -0.39 is 0 Å². The van der Waals surface area contributed by atoms with Gasteiger partial charge in [0.2, 0.25) is 5.91 Å². The number of fused-ring (bicyclic) bond motifs is 1. The lowest BCUT2D eigenvalue weighted by molar-refractivity contribution is -0.136. The van der Waals surface area contributed by atoms with E-state index >= 15 is 0 Å². The van der Waals surface area contributed by atoms with Gasteiger partial charge in [0, 0.05) is 32.7 Å². The third-order valence-corrected chi connectivity index (χ3v) is 4.31. The number of rotatable bonds is 4. The Bertz CT molecular complexity index is 745. The first-order valence-corrected chi connectivity index (χ1v) is 8.03. The maximum atomic E-state index is 11.9. The summed E-state index contributed by atoms with van der Waals surface area (Å²) in [6.45, 7) is 7.91. The Hall–Kier alpha value is -2.22. The van der Waals surface area contributed by atoms with E-state index in [0.29, 0.717) is 0 Å². The van der Waals surface area contributed by atoms with Gasteiger partial charge in [-0.05, 0) is 12.1 Å². The molecule has 1 saturated heterocycles. The van der Waals surface area contributed by atoms with Gasteiger partial charge >= 0.3 is 0 Å². The van der Waals surface area contributed by atoms with Gasteiger partial charge in [0.15, 0.2) is 11.5 Å². The highest BCUT2D eigenvalue weighted by Gasteiger charge is 2.33. The van der Waals surface area contributed by atoms with Crippen molar-refractivity contribution in [3.8, 4) is 0 Å². The minimum atomic E-state index is -0.130. The molecule has 1 fully saturated rings. The minimum Gasteiger partial charge on any atom is -0.375 e. The predicted octanol–water partition coefficient (Wildman–Crippen LogP) is 0.715. The van der Waals surface area contributed by atoms with E-state index in [-0.39, 0.29) is 24.0 Å². The van der Waals surface area contributed by atoms with Crippen molar-refractivity contribution in [1.82, 2.24) is 24.7 Å². The zero-order valence-corrected chi connectivity index (χ0v) is 14.9. The van der Waals surface area contributed by atoms with Crippen molar-refractivity contribution in [2.24, 2.45) is 0 Å². The number of likely N-dealkylation sites (N-methyl/N-ethyl adjacent to an activating group) is 1. The number of hydrogen-bond donors (Lipinski definition) is 0. The van der Waals surface area contributed by atoms with Crippen LogP contribution in [0.4, 0.5) is 5.82 Å². The van der Waals surface area contributed by atoms with Crippen LogP contribution in [0.15, 0.2) is 12.1 Å². The molecule has 1 amide bonds. The number of amides is 1. The Balaban J connectivity index is 1.74. The van der Waals surface area contributed by atoms with Crippen LogP contribution in [0.25, 0.3) is 5.65 Å². The first kappa shape index (κ1) is 16.6. The molecule has 0 bridgehead atoms. The van der Waals surface area contributed by atoms with Gasteiger partial charge in [0.1, 0.15) is 12.4 Å². The molecule has 0 aliphatic carbocycles. The molecule has 3 heterocycles. The smallest absolute Gasteiger partial charge is 0.248 e. The topological polar surface area (TPSA) is 75.9 Å². The average molecular weight is 332 g/mol. The van der Waals surface area contributed by atoms with Crippen LogP contribution in [0.5, 0.6) is 0 Å². The molecule has 0 saturated carbocycles. The minimum absolute atomic E-state index is 0.000565. The van der Waals surface area contributed by atoms with Crippen LogP contribution >= 0.6 is 0 Å². The summed E-state index contributed by atoms with van der Waals surface area (Å²) in [5.74, 6) is 1.71. The fourth-order valence-corrected chi connectivity index (χ4v) is 2.73. The molecule has 24 heavy (non-hydrogen) atoms. The summed E-state index contributed by atoms with van der Waals surface area (Å²) in [7, 11) is 3.35. The van der Waals surface area contributed by atoms with Crippen molar-refractivity contribution in [3.63, 3.8) is 0 Å². The Kier molecular flexibility index (Phi) is 4.16. The number of hydrogen-bond acceptors (Lipinski definition) is 6. The molecule has 3 rings (SSSR count). The SMILES string of the molecule is COCC(=O)N(C)C1CN(c2ccc3nnc(C(C)(C)C)n3n2)C1. The van der Waals surface area contributed by atoms with Gasteiger partial charge in [-0.3, -0.25) is 4.79 Å². The number of aromatic nitrogens is 4. The van der Waals surface area contributed by atoms with Crippen LogP contribution in [0.2, 0.25) is 0 Å². The lowest BCUT2D eigenvalue weighted by Gasteiger charge is -2.44. The highest BCUT2D eigenvalue weighted by Crippen LogP contribution is 2.24. The second-order valence-corrected chi connectivity index (χ2v) is 7.23. The van der Waals surface area contributed by atoms with Gasteiger partial charge in [-0.2, -0.15) is 4.52 Å². The lowest BCUT2D eigenvalue weighted by atomic mass is 9.96. The molecule has 0 N–H and O–H groups in total. The summed E-state index contributed by atoms with van der Waals surface area (Å²) >= 11 is 0. The van der Waals surface area contributed by atoms with Gasteiger partial charge < -0.3 is 14.5 Å². The molecule has 8 heteroatoms. The third-order valence-electron chi connectivity index (χ3n) is 4.31. The molecule has 1 aliphatic rings. The molecule has 1 aliphatic heterocycles. The molecule has 0 unspecified atom stereocenters. The number of ether oxygens (including phenoxy) is 1. The van der Waals surface area contributed by atoms with E-state index in [0.717, 1.165) is 30.4 Å². The second-order valence-electron chi connectivity index (χ2n) is 7.23. The maximum absolute atomic E-state index is 11.9. The normalized spacial score (nSPS) is 15.6. The highest BCUT2D eigenvalue weighted by atomic mass is 16.5. The quantitative estimate of drug-likeness (QED) is 0.821. The summed E-state index contributed by atoms with van der Waals surface area (Å²) in [4.78, 5) is 15.8. The van der Waals surface area contributed by atoms with Crippen molar-refractivity contribution in [1.29, 1.82) is 0 Å². The monoisotopic (exact) mass is 332 g/mol.